The molecule has 2 heterocycles. The number of carbonyl (C=O) groups is 1. The van der Waals surface area contributed by atoms with Crippen LogP contribution in [0.3, 0.4) is 0 Å². The number of aromatic nitrogens is 4. The van der Waals surface area contributed by atoms with E-state index in [0.717, 1.165) is 15.8 Å². The van der Waals surface area contributed by atoms with E-state index in [9.17, 15) is 22.8 Å². The fourth-order valence-electron chi connectivity index (χ4n) is 2.35. The number of nitrogens with zero attached hydrogens (tertiary/aromatic N) is 5. The van der Waals surface area contributed by atoms with Gasteiger partial charge >= 0.3 is 6.18 Å². The lowest BCUT2D eigenvalue weighted by atomic mass is 10.3. The van der Waals surface area contributed by atoms with Gasteiger partial charge in [-0.25, -0.2) is 9.67 Å². The minimum Gasteiger partial charge on any atom is -0.332 e. The quantitative estimate of drug-likeness (QED) is 0.712. The van der Waals surface area contributed by atoms with Gasteiger partial charge in [-0.05, 0) is 22.4 Å². The Morgan fingerprint density at radius 3 is 2.68 bits per heavy atom. The normalized spacial score (nSPS) is 11.9. The van der Waals surface area contributed by atoms with Gasteiger partial charge in [0.05, 0.1) is 0 Å². The Labute approximate surface area is 149 Å². The van der Waals surface area contributed by atoms with Gasteiger partial charge in [0.2, 0.25) is 5.91 Å². The van der Waals surface area contributed by atoms with E-state index < -0.39 is 30.7 Å². The highest BCUT2D eigenvalue weighted by molar-refractivity contribution is 9.10. The van der Waals surface area contributed by atoms with Crippen molar-refractivity contribution in [3.8, 4) is 0 Å². The number of aryl methyl sites for hydroxylation is 1. The second-order valence-electron chi connectivity index (χ2n) is 5.57. The fourth-order valence-corrected chi connectivity index (χ4v) is 2.94. The van der Waals surface area contributed by atoms with Crippen molar-refractivity contribution < 1.29 is 18.0 Å². The number of amides is 1. The van der Waals surface area contributed by atoms with Gasteiger partial charge in [0.25, 0.3) is 5.56 Å². The lowest BCUT2D eigenvalue weighted by Crippen LogP contribution is -2.42. The van der Waals surface area contributed by atoms with E-state index in [0.29, 0.717) is 18.5 Å². The summed E-state index contributed by atoms with van der Waals surface area (Å²) in [5.41, 5.74) is -0.223. The molecule has 11 heteroatoms. The molecule has 2 aromatic heterocycles. The third kappa shape index (κ3) is 4.59. The predicted molar refractivity (Wildman–Crippen MR) is 88.0 cm³/mol. The van der Waals surface area contributed by atoms with Gasteiger partial charge in [-0.2, -0.15) is 18.3 Å². The molecule has 0 N–H and O–H groups in total. The zero-order valence-electron chi connectivity index (χ0n) is 13.7. The number of hydrogen-bond acceptors (Lipinski definition) is 4. The highest BCUT2D eigenvalue weighted by Gasteiger charge is 2.32. The van der Waals surface area contributed by atoms with E-state index in [1.165, 1.54) is 4.68 Å². The Kier molecular flexibility index (Phi) is 5.86. The summed E-state index contributed by atoms with van der Waals surface area (Å²) in [6.07, 6.45) is -2.26. The molecule has 0 saturated heterocycles. The van der Waals surface area contributed by atoms with Crippen molar-refractivity contribution in [1.82, 2.24) is 24.2 Å². The molecule has 0 fully saturated rings. The smallest absolute Gasteiger partial charge is 0.332 e. The first-order valence-corrected chi connectivity index (χ1v) is 8.35. The molecule has 138 valence electrons. The second-order valence-corrected chi connectivity index (χ2v) is 6.33. The number of unbranched alkanes of at least 4 members (excludes halogenated alkanes) is 1. The van der Waals surface area contributed by atoms with Crippen LogP contribution in [-0.2, 0) is 18.4 Å². The maximum Gasteiger partial charge on any atom is 0.406 e. The molecule has 0 bridgehead atoms. The number of halogens is 4. The summed E-state index contributed by atoms with van der Waals surface area (Å²) in [5.74, 6) is -0.783. The lowest BCUT2D eigenvalue weighted by Gasteiger charge is -2.24. The summed E-state index contributed by atoms with van der Waals surface area (Å²) in [7, 11) is 1.60. The van der Waals surface area contributed by atoms with Crippen LogP contribution >= 0.6 is 15.9 Å². The van der Waals surface area contributed by atoms with Crippen molar-refractivity contribution in [3.05, 3.63) is 21.3 Å². The van der Waals surface area contributed by atoms with Crippen LogP contribution in [0.1, 0.15) is 19.8 Å². The molecule has 0 unspecified atom stereocenters. The standard InChI is InChI=1S/C14H17BrF3N5O2/c1-3-4-5-22(7-14(16,17)18)9(24)6-23-8-19-12-10(13(23)25)11(15)20-21(12)2/h8H,3-7H2,1-2H3. The first-order valence-electron chi connectivity index (χ1n) is 7.56. The highest BCUT2D eigenvalue weighted by Crippen LogP contribution is 2.18. The first-order chi connectivity index (χ1) is 11.6. The van der Waals surface area contributed by atoms with Gasteiger partial charge in [0, 0.05) is 13.6 Å². The molecule has 0 aromatic carbocycles. The number of carbonyl (C=O) groups excluding carboxylic acids is 1. The molecule has 0 saturated carbocycles. The van der Waals surface area contributed by atoms with E-state index in [1.54, 1.807) is 7.05 Å². The van der Waals surface area contributed by atoms with Crippen molar-refractivity contribution in [1.29, 1.82) is 0 Å². The van der Waals surface area contributed by atoms with Crippen LogP contribution < -0.4 is 5.56 Å². The Morgan fingerprint density at radius 2 is 2.08 bits per heavy atom. The summed E-state index contributed by atoms with van der Waals surface area (Å²) in [6, 6.07) is 0. The van der Waals surface area contributed by atoms with Crippen LogP contribution in [0.15, 0.2) is 15.7 Å². The molecule has 0 aliphatic heterocycles. The first kappa shape index (κ1) is 19.4. The average molecular weight is 424 g/mol. The molecule has 0 radical (unpaired) electrons. The summed E-state index contributed by atoms with van der Waals surface area (Å²) in [5, 5.41) is 4.18. The number of fused-ring (bicyclic) bond motifs is 1. The monoisotopic (exact) mass is 423 g/mol. The minimum absolute atomic E-state index is 0.0180. The van der Waals surface area contributed by atoms with E-state index >= 15 is 0 Å². The van der Waals surface area contributed by atoms with Crippen molar-refractivity contribution in [3.63, 3.8) is 0 Å². The maximum atomic E-state index is 12.7. The molecule has 0 aliphatic rings. The van der Waals surface area contributed by atoms with Crippen molar-refractivity contribution in [2.75, 3.05) is 13.1 Å². The summed E-state index contributed by atoms with van der Waals surface area (Å²) in [4.78, 5) is 29.5. The SMILES string of the molecule is CCCCN(CC(F)(F)F)C(=O)Cn1cnc2c(c(Br)nn2C)c1=O. The Bertz CT molecular complexity index is 830. The molecular formula is C14H17BrF3N5O2. The van der Waals surface area contributed by atoms with Crippen LogP contribution in [0.25, 0.3) is 11.0 Å². The maximum absolute atomic E-state index is 12.7. The van der Waals surface area contributed by atoms with Crippen molar-refractivity contribution >= 4 is 32.9 Å². The summed E-state index contributed by atoms with van der Waals surface area (Å²) in [6.45, 7) is -0.0515. The van der Waals surface area contributed by atoms with E-state index in [-0.39, 0.29) is 16.5 Å². The summed E-state index contributed by atoms with van der Waals surface area (Å²) < 4.78 is 40.7. The van der Waals surface area contributed by atoms with Crippen molar-refractivity contribution in [2.45, 2.75) is 32.5 Å². The highest BCUT2D eigenvalue weighted by atomic mass is 79.9. The van der Waals surface area contributed by atoms with Gasteiger partial charge in [-0.1, -0.05) is 13.3 Å². The molecule has 0 aliphatic carbocycles. The second kappa shape index (κ2) is 7.54. The van der Waals surface area contributed by atoms with Crippen molar-refractivity contribution in [2.24, 2.45) is 7.05 Å². The minimum atomic E-state index is -4.50. The molecule has 2 aromatic rings. The van der Waals surface area contributed by atoms with Crippen LogP contribution in [-0.4, -0.2) is 49.4 Å². The zero-order valence-corrected chi connectivity index (χ0v) is 15.3. The molecule has 7 nitrogen and oxygen atoms in total. The van der Waals surface area contributed by atoms with Crippen LogP contribution in [0.4, 0.5) is 13.2 Å². The molecule has 2 rings (SSSR count). The van der Waals surface area contributed by atoms with Gasteiger partial charge in [0.1, 0.15) is 29.4 Å². The average Bonchev–Trinajstić information content (AvgIpc) is 2.80. The Hall–Kier alpha value is -1.91. The Morgan fingerprint density at radius 1 is 1.40 bits per heavy atom. The van der Waals surface area contributed by atoms with Gasteiger partial charge in [-0.15, -0.1) is 0 Å². The van der Waals surface area contributed by atoms with Gasteiger partial charge < -0.3 is 4.90 Å². The van der Waals surface area contributed by atoms with Crippen LogP contribution in [0, 0.1) is 0 Å². The van der Waals surface area contributed by atoms with Gasteiger partial charge in [-0.3, -0.25) is 14.2 Å². The molecule has 0 atom stereocenters. The molecule has 1 amide bonds. The van der Waals surface area contributed by atoms with E-state index in [1.807, 2.05) is 6.92 Å². The van der Waals surface area contributed by atoms with Gasteiger partial charge in [0.15, 0.2) is 5.65 Å². The molecule has 25 heavy (non-hydrogen) atoms. The third-order valence-electron chi connectivity index (χ3n) is 3.58. The predicted octanol–water partition coefficient (Wildman–Crippen LogP) is 2.08. The summed E-state index contributed by atoms with van der Waals surface area (Å²) >= 11 is 3.14. The van der Waals surface area contributed by atoms with E-state index in [2.05, 4.69) is 26.0 Å². The molecule has 0 spiro atoms. The lowest BCUT2D eigenvalue weighted by molar-refractivity contribution is -0.161. The largest absolute Gasteiger partial charge is 0.406 e. The third-order valence-corrected chi connectivity index (χ3v) is 4.13. The number of rotatable bonds is 6. The Balaban J connectivity index is 2.28. The topological polar surface area (TPSA) is 73.0 Å². The van der Waals surface area contributed by atoms with Crippen LogP contribution in [0.5, 0.6) is 0 Å². The fraction of sp³-hybridized carbons (Fsp3) is 0.571. The number of hydrogen-bond donors (Lipinski definition) is 0. The molecular weight excluding hydrogens is 407 g/mol. The van der Waals surface area contributed by atoms with Crippen LogP contribution in [0.2, 0.25) is 0 Å². The zero-order chi connectivity index (χ0) is 18.8. The van der Waals surface area contributed by atoms with E-state index in [4.69, 9.17) is 0 Å². The number of alkyl halides is 3.